The van der Waals surface area contributed by atoms with Crippen LogP contribution in [0.15, 0.2) is 103 Å². The number of carbonyl (C=O) groups is 1. The predicted octanol–water partition coefficient (Wildman–Crippen LogP) is 5.88. The van der Waals surface area contributed by atoms with Gasteiger partial charge in [0.15, 0.2) is 5.78 Å². The number of ketones is 1. The second-order valence-corrected chi connectivity index (χ2v) is 6.87. The van der Waals surface area contributed by atoms with Crippen LogP contribution in [0.2, 0.25) is 0 Å². The smallest absolute Gasteiger partial charge is 0.171 e. The average molecular weight is 581 g/mol. The van der Waals surface area contributed by atoms with E-state index >= 15 is 0 Å². The minimum atomic E-state index is -0.0185. The molecule has 4 heteroatoms. The maximum Gasteiger partial charge on any atom is 0.171 e. The Kier molecular flexibility index (Phi) is 7.66. The number of benzene rings is 3. The molecule has 2 heterocycles. The second-order valence-electron chi connectivity index (χ2n) is 6.87. The maximum absolute atomic E-state index is 11.8. The van der Waals surface area contributed by atoms with Crippen LogP contribution in [0.1, 0.15) is 21.6 Å². The number of hydrogen-bond acceptors (Lipinski definition) is 2. The summed E-state index contributed by atoms with van der Waals surface area (Å²) < 4.78 is 0. The summed E-state index contributed by atoms with van der Waals surface area (Å²) in [5.41, 5.74) is 4.39. The topological polar surface area (TPSA) is 44.1 Å². The first-order valence-electron chi connectivity index (χ1n) is 9.72. The van der Waals surface area contributed by atoms with Crippen LogP contribution < -0.4 is 4.98 Å². The molecule has 0 bridgehead atoms. The fourth-order valence-corrected chi connectivity index (χ4v) is 3.16. The van der Waals surface area contributed by atoms with Crippen LogP contribution in [0.5, 0.6) is 0 Å². The molecule has 3 aromatic carbocycles. The summed E-state index contributed by atoms with van der Waals surface area (Å²) in [5, 5.41) is 2.39. The number of pyridine rings is 1. The number of nitrogens with zero attached hydrogens (tertiary/aromatic N) is 2. The Labute approximate surface area is 195 Å². The Hall–Kier alpha value is -3.33. The third kappa shape index (κ3) is 5.43. The number of aryl methyl sites for hydroxylation is 1. The van der Waals surface area contributed by atoms with Crippen molar-refractivity contribution < 1.29 is 24.9 Å². The Morgan fingerprint density at radius 3 is 2.35 bits per heavy atom. The largest absolute Gasteiger partial charge is 0.661 e. The molecule has 31 heavy (non-hydrogen) atoms. The molecule has 0 fully saturated rings. The molecule has 0 saturated heterocycles. The van der Waals surface area contributed by atoms with Gasteiger partial charge in [-0.15, -0.1) is 35.9 Å². The van der Waals surface area contributed by atoms with E-state index in [1.54, 1.807) is 18.3 Å². The van der Waals surface area contributed by atoms with Crippen LogP contribution in [-0.4, -0.2) is 10.8 Å². The fourth-order valence-electron chi connectivity index (χ4n) is 3.16. The van der Waals surface area contributed by atoms with Gasteiger partial charge < -0.3 is 9.97 Å². The van der Waals surface area contributed by atoms with Crippen molar-refractivity contribution >= 4 is 16.6 Å². The van der Waals surface area contributed by atoms with E-state index in [0.29, 0.717) is 11.3 Å². The Balaban J connectivity index is 0.000000172. The molecule has 0 spiro atoms. The molecule has 0 aliphatic carbocycles. The number of carbonyl (C=O) groups excluding carboxylic acids is 1. The molecule has 0 atom stereocenters. The summed E-state index contributed by atoms with van der Waals surface area (Å²) in [6, 6.07) is 32.4. The van der Waals surface area contributed by atoms with Gasteiger partial charge in [0, 0.05) is 31.9 Å². The second kappa shape index (κ2) is 10.6. The molecular formula is C27H20IrN2O-2. The van der Waals surface area contributed by atoms with Crippen molar-refractivity contribution in [3.05, 3.63) is 126 Å². The molecule has 0 aliphatic rings. The fraction of sp³-hybridized carbons (Fsp3) is 0.0370. The molecule has 3 nitrogen and oxygen atoms in total. The number of rotatable bonds is 3. The normalized spacial score (nSPS) is 9.97. The summed E-state index contributed by atoms with van der Waals surface area (Å²) in [7, 11) is 0. The summed E-state index contributed by atoms with van der Waals surface area (Å²) in [6.07, 6.45) is 3.47. The van der Waals surface area contributed by atoms with Gasteiger partial charge in [-0.25, -0.2) is 0 Å². The van der Waals surface area contributed by atoms with Gasteiger partial charge in [-0.2, -0.15) is 6.20 Å². The summed E-state index contributed by atoms with van der Waals surface area (Å²) in [4.78, 5) is 20.2. The molecule has 2 aromatic heterocycles. The number of aromatic nitrogens is 2. The van der Waals surface area contributed by atoms with Crippen LogP contribution in [0.3, 0.4) is 0 Å². The molecule has 0 amide bonds. The van der Waals surface area contributed by atoms with Crippen molar-refractivity contribution in [1.82, 2.24) is 9.97 Å². The van der Waals surface area contributed by atoms with Crippen LogP contribution in [-0.2, 0) is 20.1 Å². The first-order chi connectivity index (χ1) is 14.7. The van der Waals surface area contributed by atoms with E-state index in [1.165, 1.54) is 10.8 Å². The van der Waals surface area contributed by atoms with E-state index in [9.17, 15) is 4.79 Å². The van der Waals surface area contributed by atoms with E-state index < -0.39 is 0 Å². The number of hydrogen-bond donors (Lipinski definition) is 0. The molecule has 0 N–H and O–H groups in total. The van der Waals surface area contributed by atoms with E-state index in [4.69, 9.17) is 0 Å². The van der Waals surface area contributed by atoms with Gasteiger partial charge in [-0.3, -0.25) is 4.79 Å². The molecule has 5 rings (SSSR count). The Bertz CT molecular complexity index is 1240. The van der Waals surface area contributed by atoms with E-state index in [2.05, 4.69) is 28.2 Å². The standard InChI is InChI=1S/C15H10N.C12H11NO.Ir/c1-2-7-13(8-3-1)15-14-9-5-4-6-12(14)10-11-16-15;1-9-4-6-10(7-5-9)12(14)11-3-2-8-13-11;/h1-7,9-11H;2-8H,1H3,(H,13,14);/q-1;;/p-1. The zero-order valence-electron chi connectivity index (χ0n) is 17.0. The van der Waals surface area contributed by atoms with Crippen molar-refractivity contribution in [2.45, 2.75) is 6.92 Å². The first kappa shape index (κ1) is 22.4. The van der Waals surface area contributed by atoms with Crippen LogP contribution in [0, 0.1) is 13.0 Å². The molecular weight excluding hydrogens is 561 g/mol. The van der Waals surface area contributed by atoms with Crippen LogP contribution in [0.4, 0.5) is 0 Å². The van der Waals surface area contributed by atoms with Gasteiger partial charge in [0.2, 0.25) is 0 Å². The Morgan fingerprint density at radius 1 is 0.871 bits per heavy atom. The van der Waals surface area contributed by atoms with Gasteiger partial charge >= 0.3 is 0 Å². The van der Waals surface area contributed by atoms with Gasteiger partial charge in [-0.1, -0.05) is 71.9 Å². The molecule has 155 valence electrons. The van der Waals surface area contributed by atoms with Crippen LogP contribution >= 0.6 is 0 Å². The van der Waals surface area contributed by atoms with E-state index in [0.717, 1.165) is 16.8 Å². The van der Waals surface area contributed by atoms with Crippen molar-refractivity contribution in [1.29, 1.82) is 0 Å². The Morgan fingerprint density at radius 2 is 1.65 bits per heavy atom. The zero-order chi connectivity index (χ0) is 20.8. The molecule has 0 saturated carbocycles. The van der Waals surface area contributed by atoms with E-state index in [1.807, 2.05) is 79.9 Å². The minimum Gasteiger partial charge on any atom is -0.661 e. The van der Waals surface area contributed by atoms with Gasteiger partial charge in [0.05, 0.1) is 0 Å². The third-order valence-corrected chi connectivity index (χ3v) is 4.74. The average Bonchev–Trinajstić information content (AvgIpc) is 3.35. The molecule has 5 aromatic rings. The maximum atomic E-state index is 11.8. The quantitative estimate of drug-likeness (QED) is 0.198. The number of fused-ring (bicyclic) bond motifs is 1. The molecule has 0 unspecified atom stereocenters. The van der Waals surface area contributed by atoms with Crippen molar-refractivity contribution in [3.8, 4) is 11.3 Å². The summed E-state index contributed by atoms with van der Waals surface area (Å²) in [5.74, 6) is -0.0185. The third-order valence-electron chi connectivity index (χ3n) is 4.74. The predicted molar refractivity (Wildman–Crippen MR) is 120 cm³/mol. The summed E-state index contributed by atoms with van der Waals surface area (Å²) in [6.45, 7) is 2.00. The zero-order valence-corrected chi connectivity index (χ0v) is 19.3. The van der Waals surface area contributed by atoms with Gasteiger partial charge in [0.25, 0.3) is 0 Å². The minimum absolute atomic E-state index is 0. The van der Waals surface area contributed by atoms with Crippen molar-refractivity contribution in [2.24, 2.45) is 0 Å². The monoisotopic (exact) mass is 581 g/mol. The van der Waals surface area contributed by atoms with Crippen LogP contribution in [0.25, 0.3) is 22.0 Å². The molecule has 0 aliphatic heterocycles. The summed E-state index contributed by atoms with van der Waals surface area (Å²) >= 11 is 0. The SMILES string of the molecule is Cc1ccc(C(=O)c2ccc[n-]2)cc1.[Ir].[c-]1ccccc1-c1nccc2ccccc12. The van der Waals surface area contributed by atoms with Gasteiger partial charge in [0.1, 0.15) is 0 Å². The first-order valence-corrected chi connectivity index (χ1v) is 9.72. The van der Waals surface area contributed by atoms with Gasteiger partial charge in [-0.05, 0) is 29.5 Å². The van der Waals surface area contributed by atoms with Crippen molar-refractivity contribution in [3.63, 3.8) is 0 Å². The van der Waals surface area contributed by atoms with E-state index in [-0.39, 0.29) is 25.9 Å². The van der Waals surface area contributed by atoms with Crippen molar-refractivity contribution in [2.75, 3.05) is 0 Å². The molecule has 1 radical (unpaired) electrons.